The average molecular weight is 328 g/mol. The Morgan fingerprint density at radius 3 is 2.91 bits per heavy atom. The van der Waals surface area contributed by atoms with E-state index in [2.05, 4.69) is 20.0 Å². The Balaban J connectivity index is 2.18. The molecule has 0 spiro atoms. The van der Waals surface area contributed by atoms with Gasteiger partial charge >= 0.3 is 6.61 Å². The van der Waals surface area contributed by atoms with Crippen molar-refractivity contribution in [3.8, 4) is 11.5 Å². The standard InChI is InChI=1S/C13H14F2N4O2S/c1-3-22-13-18-16-8-19(13)17-7-9-4-5-10(21-12(14)15)11(6-9)20-2/h4-8,12H,3H2,1-2H3/b17-7+. The molecule has 0 N–H and O–H groups in total. The van der Waals surface area contributed by atoms with Crippen molar-refractivity contribution in [1.29, 1.82) is 0 Å². The predicted octanol–water partition coefficient (Wildman–Crippen LogP) is 2.88. The summed E-state index contributed by atoms with van der Waals surface area (Å²) in [6.45, 7) is -0.904. The molecular weight excluding hydrogens is 314 g/mol. The highest BCUT2D eigenvalue weighted by atomic mass is 32.2. The van der Waals surface area contributed by atoms with Gasteiger partial charge in [0.1, 0.15) is 6.33 Å². The molecule has 0 saturated heterocycles. The van der Waals surface area contributed by atoms with Crippen molar-refractivity contribution >= 4 is 18.0 Å². The van der Waals surface area contributed by atoms with Gasteiger partial charge in [-0.05, 0) is 29.5 Å². The van der Waals surface area contributed by atoms with Crippen LogP contribution in [0.1, 0.15) is 12.5 Å². The first-order valence-electron chi connectivity index (χ1n) is 6.34. The monoisotopic (exact) mass is 328 g/mol. The fourth-order valence-electron chi connectivity index (χ4n) is 1.61. The lowest BCUT2D eigenvalue weighted by Crippen LogP contribution is -2.03. The number of alkyl halides is 2. The molecule has 0 amide bonds. The molecule has 0 atom stereocenters. The molecule has 0 fully saturated rings. The number of rotatable bonds is 7. The van der Waals surface area contributed by atoms with Gasteiger partial charge in [-0.3, -0.25) is 0 Å². The van der Waals surface area contributed by atoms with Crippen molar-refractivity contribution in [3.05, 3.63) is 30.1 Å². The van der Waals surface area contributed by atoms with E-state index in [4.69, 9.17) is 4.74 Å². The molecule has 0 aliphatic carbocycles. The summed E-state index contributed by atoms with van der Waals surface area (Å²) in [6.07, 6.45) is 3.04. The zero-order chi connectivity index (χ0) is 15.9. The number of hydrogen-bond acceptors (Lipinski definition) is 6. The summed E-state index contributed by atoms with van der Waals surface area (Å²) in [5.41, 5.74) is 0.666. The highest BCUT2D eigenvalue weighted by Crippen LogP contribution is 2.29. The van der Waals surface area contributed by atoms with Crippen LogP contribution in [0.25, 0.3) is 0 Å². The van der Waals surface area contributed by atoms with Crippen molar-refractivity contribution in [2.45, 2.75) is 18.7 Å². The number of hydrogen-bond donors (Lipinski definition) is 0. The van der Waals surface area contributed by atoms with Crippen LogP contribution >= 0.6 is 11.8 Å². The van der Waals surface area contributed by atoms with Crippen molar-refractivity contribution in [1.82, 2.24) is 14.9 Å². The summed E-state index contributed by atoms with van der Waals surface area (Å²) in [7, 11) is 1.38. The lowest BCUT2D eigenvalue weighted by molar-refractivity contribution is -0.0512. The molecule has 0 saturated carbocycles. The summed E-state index contributed by atoms with van der Waals surface area (Å²) in [5.74, 6) is 1.03. The number of methoxy groups -OCH3 is 1. The van der Waals surface area contributed by atoms with Crippen LogP contribution in [0.2, 0.25) is 0 Å². The first-order chi connectivity index (χ1) is 10.6. The molecule has 1 aromatic heterocycles. The first kappa shape index (κ1) is 16.2. The smallest absolute Gasteiger partial charge is 0.387 e. The Labute approximate surface area is 130 Å². The molecule has 2 rings (SSSR count). The second-order valence-corrected chi connectivity index (χ2v) is 5.16. The summed E-state index contributed by atoms with van der Waals surface area (Å²) < 4.78 is 35.5. The van der Waals surface area contributed by atoms with E-state index >= 15 is 0 Å². The van der Waals surface area contributed by atoms with Crippen LogP contribution in [0.3, 0.4) is 0 Å². The van der Waals surface area contributed by atoms with E-state index in [1.54, 1.807) is 18.3 Å². The third-order valence-corrected chi connectivity index (χ3v) is 3.32. The largest absolute Gasteiger partial charge is 0.493 e. The van der Waals surface area contributed by atoms with Gasteiger partial charge in [-0.1, -0.05) is 18.7 Å². The van der Waals surface area contributed by atoms with E-state index in [0.717, 1.165) is 5.75 Å². The number of ether oxygens (including phenoxy) is 2. The molecule has 0 aliphatic heterocycles. The first-order valence-corrected chi connectivity index (χ1v) is 7.32. The van der Waals surface area contributed by atoms with Crippen molar-refractivity contribution in [2.75, 3.05) is 12.9 Å². The van der Waals surface area contributed by atoms with Crippen LogP contribution in [0.4, 0.5) is 8.78 Å². The zero-order valence-corrected chi connectivity index (χ0v) is 12.8. The topological polar surface area (TPSA) is 61.5 Å². The number of nitrogens with zero attached hydrogens (tertiary/aromatic N) is 4. The Hall–Kier alpha value is -2.16. The van der Waals surface area contributed by atoms with Gasteiger partial charge < -0.3 is 9.47 Å². The lowest BCUT2D eigenvalue weighted by atomic mass is 10.2. The van der Waals surface area contributed by atoms with Crippen LogP contribution < -0.4 is 9.47 Å². The third kappa shape index (κ3) is 4.17. The van der Waals surface area contributed by atoms with Gasteiger partial charge in [0.25, 0.3) is 0 Å². The lowest BCUT2D eigenvalue weighted by Gasteiger charge is -2.09. The van der Waals surface area contributed by atoms with Crippen LogP contribution in [-0.2, 0) is 0 Å². The number of halogens is 2. The molecule has 0 unspecified atom stereocenters. The van der Waals surface area contributed by atoms with Gasteiger partial charge in [0.05, 0.1) is 13.3 Å². The molecule has 1 heterocycles. The molecular formula is C13H14F2N4O2S. The number of benzene rings is 1. The Bertz CT molecular complexity index is 649. The van der Waals surface area contributed by atoms with Crippen LogP contribution in [-0.4, -0.2) is 40.6 Å². The van der Waals surface area contributed by atoms with E-state index in [1.165, 1.54) is 35.9 Å². The minimum Gasteiger partial charge on any atom is -0.493 e. The molecule has 0 aliphatic rings. The van der Waals surface area contributed by atoms with Gasteiger partial charge in [0.2, 0.25) is 5.16 Å². The van der Waals surface area contributed by atoms with E-state index in [9.17, 15) is 8.78 Å². The molecule has 118 valence electrons. The van der Waals surface area contributed by atoms with Crippen molar-refractivity contribution in [3.63, 3.8) is 0 Å². The molecule has 1 aromatic carbocycles. The zero-order valence-electron chi connectivity index (χ0n) is 11.9. The van der Waals surface area contributed by atoms with E-state index in [-0.39, 0.29) is 11.5 Å². The predicted molar refractivity (Wildman–Crippen MR) is 79.0 cm³/mol. The minimum atomic E-state index is -2.90. The fourth-order valence-corrected chi connectivity index (χ4v) is 2.20. The third-order valence-electron chi connectivity index (χ3n) is 2.51. The van der Waals surface area contributed by atoms with Crippen LogP contribution in [0.15, 0.2) is 34.8 Å². The molecule has 9 heteroatoms. The maximum absolute atomic E-state index is 12.3. The summed E-state index contributed by atoms with van der Waals surface area (Å²) >= 11 is 1.51. The molecule has 0 bridgehead atoms. The van der Waals surface area contributed by atoms with Crippen molar-refractivity contribution < 1.29 is 18.3 Å². The maximum Gasteiger partial charge on any atom is 0.387 e. The van der Waals surface area contributed by atoms with Crippen molar-refractivity contribution in [2.24, 2.45) is 5.10 Å². The van der Waals surface area contributed by atoms with Gasteiger partial charge in [0, 0.05) is 0 Å². The Morgan fingerprint density at radius 2 is 2.23 bits per heavy atom. The highest BCUT2D eigenvalue weighted by molar-refractivity contribution is 7.99. The summed E-state index contributed by atoms with van der Waals surface area (Å²) in [5, 5.41) is 12.6. The van der Waals surface area contributed by atoms with E-state index in [1.807, 2.05) is 6.92 Å². The second kappa shape index (κ2) is 7.74. The van der Waals surface area contributed by atoms with E-state index < -0.39 is 6.61 Å². The minimum absolute atomic E-state index is 0.0267. The maximum atomic E-state index is 12.3. The van der Waals surface area contributed by atoms with Crippen LogP contribution in [0.5, 0.6) is 11.5 Å². The highest BCUT2D eigenvalue weighted by Gasteiger charge is 2.10. The molecule has 22 heavy (non-hydrogen) atoms. The fraction of sp³-hybridized carbons (Fsp3) is 0.308. The second-order valence-electron chi connectivity index (χ2n) is 3.92. The normalized spacial score (nSPS) is 11.3. The quantitative estimate of drug-likeness (QED) is 0.578. The number of aromatic nitrogens is 3. The molecule has 0 radical (unpaired) electrons. The summed E-state index contributed by atoms with van der Waals surface area (Å²) in [4.78, 5) is 0. The van der Waals surface area contributed by atoms with Crippen LogP contribution in [0, 0.1) is 0 Å². The SMILES string of the molecule is CCSc1nncn1/N=C/c1ccc(OC(F)F)c(OC)c1. The van der Waals surface area contributed by atoms with Gasteiger partial charge in [-0.15, -0.1) is 10.2 Å². The van der Waals surface area contributed by atoms with Gasteiger partial charge in [-0.2, -0.15) is 18.6 Å². The Morgan fingerprint density at radius 1 is 1.41 bits per heavy atom. The molecule has 2 aromatic rings. The van der Waals surface area contributed by atoms with E-state index in [0.29, 0.717) is 10.7 Å². The molecule has 6 nitrogen and oxygen atoms in total. The van der Waals surface area contributed by atoms with Gasteiger partial charge in [0.15, 0.2) is 11.5 Å². The Kier molecular flexibility index (Phi) is 5.70. The summed E-state index contributed by atoms with van der Waals surface area (Å²) in [6, 6.07) is 4.55. The average Bonchev–Trinajstić information content (AvgIpc) is 2.93. The van der Waals surface area contributed by atoms with Gasteiger partial charge in [-0.25, -0.2) is 0 Å². The number of thioether (sulfide) groups is 1.